The van der Waals surface area contributed by atoms with E-state index in [4.69, 9.17) is 9.63 Å². The molecule has 0 aliphatic rings. The average molecular weight is 373 g/mol. The molecule has 0 radical (unpaired) electrons. The fraction of sp³-hybridized carbons (Fsp3) is 0.500. The van der Waals surface area contributed by atoms with Crippen LogP contribution in [0.4, 0.5) is 0 Å². The van der Waals surface area contributed by atoms with Gasteiger partial charge in [-0.15, -0.1) is 0 Å². The molecule has 0 aliphatic carbocycles. The van der Waals surface area contributed by atoms with Crippen molar-refractivity contribution in [2.45, 2.75) is 52.4 Å². The van der Waals surface area contributed by atoms with Gasteiger partial charge in [-0.3, -0.25) is 9.59 Å². The van der Waals surface area contributed by atoms with Gasteiger partial charge in [0.25, 0.3) is 0 Å². The van der Waals surface area contributed by atoms with E-state index in [-0.39, 0.29) is 18.9 Å². The topological polar surface area (TPSA) is 105 Å². The number of hydrogen-bond donors (Lipinski definition) is 2. The number of amides is 1. The van der Waals surface area contributed by atoms with Gasteiger partial charge >= 0.3 is 5.97 Å². The molecule has 0 spiro atoms. The molecule has 7 heteroatoms. The number of nitrogens with one attached hydrogen (secondary N) is 1. The molecule has 1 atom stereocenters. The van der Waals surface area contributed by atoms with Gasteiger partial charge in [0.05, 0.1) is 5.92 Å². The molecular formula is C20H27N3O4. The number of carbonyl (C=O) groups is 2. The second-order valence-electron chi connectivity index (χ2n) is 6.92. The van der Waals surface area contributed by atoms with Crippen LogP contribution in [0, 0.1) is 5.92 Å². The first kappa shape index (κ1) is 20.6. The summed E-state index contributed by atoms with van der Waals surface area (Å²) in [5.74, 6) is -0.328. The van der Waals surface area contributed by atoms with Crippen LogP contribution in [0.3, 0.4) is 0 Å². The first-order valence-electron chi connectivity index (χ1n) is 9.33. The molecule has 146 valence electrons. The van der Waals surface area contributed by atoms with Gasteiger partial charge in [0.15, 0.2) is 0 Å². The number of hydrogen-bond acceptors (Lipinski definition) is 5. The van der Waals surface area contributed by atoms with E-state index in [0.717, 1.165) is 12.0 Å². The lowest BCUT2D eigenvalue weighted by Crippen LogP contribution is -2.33. The molecule has 1 aromatic heterocycles. The molecule has 1 amide bonds. The second-order valence-corrected chi connectivity index (χ2v) is 6.92. The third-order valence-electron chi connectivity index (χ3n) is 4.40. The van der Waals surface area contributed by atoms with Gasteiger partial charge < -0.3 is 14.9 Å². The number of aliphatic carboxylic acids is 1. The van der Waals surface area contributed by atoms with Crippen LogP contribution in [0.5, 0.6) is 0 Å². The van der Waals surface area contributed by atoms with E-state index >= 15 is 0 Å². The Hall–Kier alpha value is -2.70. The van der Waals surface area contributed by atoms with Gasteiger partial charge in [0.1, 0.15) is 0 Å². The maximum atomic E-state index is 11.9. The highest BCUT2D eigenvalue weighted by Crippen LogP contribution is 2.20. The van der Waals surface area contributed by atoms with Crippen molar-refractivity contribution < 1.29 is 19.2 Å². The number of rotatable bonds is 10. The second kappa shape index (κ2) is 9.85. The van der Waals surface area contributed by atoms with Gasteiger partial charge in [0, 0.05) is 24.9 Å². The number of carbonyl (C=O) groups excluding carboxylic acids is 1. The van der Waals surface area contributed by atoms with E-state index in [1.807, 2.05) is 31.2 Å². The Kier molecular flexibility index (Phi) is 7.52. The molecule has 1 aromatic carbocycles. The Morgan fingerprint density at radius 2 is 1.93 bits per heavy atom. The lowest BCUT2D eigenvalue weighted by molar-refractivity contribution is -0.141. The third kappa shape index (κ3) is 6.20. The van der Waals surface area contributed by atoms with E-state index in [1.165, 1.54) is 5.56 Å². The normalized spacial score (nSPS) is 12.1. The highest BCUT2D eigenvalue weighted by atomic mass is 16.5. The Morgan fingerprint density at radius 1 is 1.22 bits per heavy atom. The van der Waals surface area contributed by atoms with Crippen LogP contribution in [0.25, 0.3) is 11.4 Å². The Labute approximate surface area is 159 Å². The van der Waals surface area contributed by atoms with Crippen LogP contribution in [0.15, 0.2) is 28.8 Å². The Morgan fingerprint density at radius 3 is 2.52 bits per heavy atom. The zero-order valence-electron chi connectivity index (χ0n) is 16.1. The third-order valence-corrected chi connectivity index (χ3v) is 4.40. The van der Waals surface area contributed by atoms with Gasteiger partial charge in [-0.05, 0) is 17.9 Å². The minimum absolute atomic E-state index is 0.138. The number of carboxylic acids is 1. The van der Waals surface area contributed by atoms with Crippen molar-refractivity contribution in [2.75, 3.05) is 6.54 Å². The Balaban J connectivity index is 1.85. The summed E-state index contributed by atoms with van der Waals surface area (Å²) in [5, 5.41) is 15.7. The number of benzene rings is 1. The van der Waals surface area contributed by atoms with Crippen molar-refractivity contribution in [3.63, 3.8) is 0 Å². The minimum atomic E-state index is -0.887. The zero-order valence-corrected chi connectivity index (χ0v) is 16.1. The lowest BCUT2D eigenvalue weighted by atomic mass is 10.0. The molecule has 0 saturated carbocycles. The number of carboxylic acid groups (broad SMARTS) is 1. The molecule has 0 bridgehead atoms. The van der Waals surface area contributed by atoms with Crippen LogP contribution >= 0.6 is 0 Å². The zero-order chi connectivity index (χ0) is 19.8. The fourth-order valence-electron chi connectivity index (χ4n) is 2.70. The predicted molar refractivity (Wildman–Crippen MR) is 101 cm³/mol. The molecule has 27 heavy (non-hydrogen) atoms. The minimum Gasteiger partial charge on any atom is -0.481 e. The van der Waals surface area contributed by atoms with Crippen LogP contribution in [-0.2, 0) is 16.0 Å². The summed E-state index contributed by atoms with van der Waals surface area (Å²) in [6.07, 6.45) is 1.79. The largest absolute Gasteiger partial charge is 0.481 e. The van der Waals surface area contributed by atoms with Crippen LogP contribution in [0.1, 0.15) is 57.4 Å². The molecule has 2 aromatic rings. The van der Waals surface area contributed by atoms with Crippen LogP contribution in [-0.4, -0.2) is 33.7 Å². The maximum Gasteiger partial charge on any atom is 0.308 e. The van der Waals surface area contributed by atoms with Crippen LogP contribution in [0.2, 0.25) is 0 Å². The summed E-state index contributed by atoms with van der Waals surface area (Å²) in [6.45, 7) is 6.32. The van der Waals surface area contributed by atoms with Crippen molar-refractivity contribution in [3.8, 4) is 11.4 Å². The summed E-state index contributed by atoms with van der Waals surface area (Å²) in [6, 6.07) is 7.99. The summed E-state index contributed by atoms with van der Waals surface area (Å²) < 4.78 is 5.21. The lowest BCUT2D eigenvalue weighted by Gasteiger charge is -2.11. The van der Waals surface area contributed by atoms with Crippen molar-refractivity contribution in [1.29, 1.82) is 0 Å². The van der Waals surface area contributed by atoms with Gasteiger partial charge in [-0.25, -0.2) is 0 Å². The summed E-state index contributed by atoms with van der Waals surface area (Å²) in [5.41, 5.74) is 2.10. The highest BCUT2D eigenvalue weighted by Gasteiger charge is 2.17. The van der Waals surface area contributed by atoms with Crippen molar-refractivity contribution in [2.24, 2.45) is 5.92 Å². The van der Waals surface area contributed by atoms with Gasteiger partial charge in [0.2, 0.25) is 17.6 Å². The SMILES string of the molecule is CCCC(CNC(=O)CCc1nc(-c2ccc(C(C)C)cc2)no1)C(=O)O. The molecule has 2 rings (SSSR count). The van der Waals surface area contributed by atoms with E-state index in [0.29, 0.717) is 30.5 Å². The van der Waals surface area contributed by atoms with E-state index in [2.05, 4.69) is 29.3 Å². The monoisotopic (exact) mass is 373 g/mol. The number of nitrogens with zero attached hydrogens (tertiary/aromatic N) is 2. The molecule has 0 saturated heterocycles. The summed E-state index contributed by atoms with van der Waals surface area (Å²) in [4.78, 5) is 27.4. The van der Waals surface area contributed by atoms with Gasteiger partial charge in [-0.1, -0.05) is 56.6 Å². The first-order valence-corrected chi connectivity index (χ1v) is 9.33. The maximum absolute atomic E-state index is 11.9. The van der Waals surface area contributed by atoms with Crippen LogP contribution < -0.4 is 5.32 Å². The summed E-state index contributed by atoms with van der Waals surface area (Å²) in [7, 11) is 0. The van der Waals surface area contributed by atoms with Crippen molar-refractivity contribution >= 4 is 11.9 Å². The molecule has 0 fully saturated rings. The Bertz CT molecular complexity index is 753. The molecule has 2 N–H and O–H groups in total. The fourth-order valence-corrected chi connectivity index (χ4v) is 2.70. The van der Waals surface area contributed by atoms with E-state index in [9.17, 15) is 9.59 Å². The predicted octanol–water partition coefficient (Wildman–Crippen LogP) is 3.41. The molecule has 1 unspecified atom stereocenters. The molecule has 7 nitrogen and oxygen atoms in total. The molecular weight excluding hydrogens is 346 g/mol. The average Bonchev–Trinajstić information content (AvgIpc) is 3.12. The standard InChI is InChI=1S/C20H27N3O4/c1-4-5-16(20(25)26)12-21-17(24)10-11-18-22-19(23-27-18)15-8-6-14(7-9-15)13(2)3/h6-9,13,16H,4-5,10-12H2,1-3H3,(H,21,24)(H,25,26). The van der Waals surface area contributed by atoms with E-state index < -0.39 is 11.9 Å². The number of aryl methyl sites for hydroxylation is 1. The molecule has 0 aliphatic heterocycles. The summed E-state index contributed by atoms with van der Waals surface area (Å²) >= 11 is 0. The van der Waals surface area contributed by atoms with Gasteiger partial charge in [-0.2, -0.15) is 4.98 Å². The van der Waals surface area contributed by atoms with Crippen molar-refractivity contribution in [1.82, 2.24) is 15.5 Å². The van der Waals surface area contributed by atoms with E-state index in [1.54, 1.807) is 0 Å². The quantitative estimate of drug-likeness (QED) is 0.661. The number of aromatic nitrogens is 2. The highest BCUT2D eigenvalue weighted by molar-refractivity contribution is 5.77. The molecule has 1 heterocycles. The smallest absolute Gasteiger partial charge is 0.308 e. The van der Waals surface area contributed by atoms with Crippen molar-refractivity contribution in [3.05, 3.63) is 35.7 Å². The first-order chi connectivity index (χ1) is 12.9.